The van der Waals surface area contributed by atoms with Crippen LogP contribution in [0.4, 0.5) is 0 Å². The van der Waals surface area contributed by atoms with Crippen LogP contribution < -0.4 is 10.6 Å². The number of esters is 1. The molecule has 0 radical (unpaired) electrons. The van der Waals surface area contributed by atoms with E-state index in [-0.39, 0.29) is 37.4 Å². The highest BCUT2D eigenvalue weighted by atomic mass is 35.5. The number of thioether (sulfide) groups is 1. The van der Waals surface area contributed by atoms with Gasteiger partial charge < -0.3 is 20.3 Å². The minimum absolute atomic E-state index is 0.199. The summed E-state index contributed by atoms with van der Waals surface area (Å²) in [6.07, 6.45) is 4.71. The van der Waals surface area contributed by atoms with Crippen LogP contribution in [0.15, 0.2) is 0 Å². The second-order valence-electron chi connectivity index (χ2n) is 6.53. The van der Waals surface area contributed by atoms with Gasteiger partial charge in [-0.05, 0) is 19.8 Å². The molecule has 2 rings (SSSR count). The zero-order chi connectivity index (χ0) is 19.9. The molecule has 27 heavy (non-hydrogen) atoms. The van der Waals surface area contributed by atoms with E-state index in [9.17, 15) is 19.2 Å². The van der Waals surface area contributed by atoms with Gasteiger partial charge in [-0.25, -0.2) is 0 Å². The molecular weight excluding hydrogens is 394 g/mol. The van der Waals surface area contributed by atoms with Crippen LogP contribution in [0.2, 0.25) is 0 Å². The van der Waals surface area contributed by atoms with Gasteiger partial charge in [0.05, 0.1) is 18.0 Å². The molecule has 1 aliphatic heterocycles. The third kappa shape index (κ3) is 5.51. The Balaban J connectivity index is 2.09. The highest BCUT2D eigenvalue weighted by molar-refractivity contribution is 8.01. The number of alkyl halides is 1. The number of carbonyl (C=O) groups is 4. The lowest BCUT2D eigenvalue weighted by Crippen LogP contribution is -2.58. The summed E-state index contributed by atoms with van der Waals surface area (Å²) in [6, 6.07) is -0.678. The number of halogens is 1. The first-order chi connectivity index (χ1) is 12.9. The van der Waals surface area contributed by atoms with Gasteiger partial charge in [0, 0.05) is 5.75 Å². The molecule has 8 nitrogen and oxygen atoms in total. The van der Waals surface area contributed by atoms with Gasteiger partial charge in [-0.15, -0.1) is 23.4 Å². The summed E-state index contributed by atoms with van der Waals surface area (Å²) in [7, 11) is 0. The predicted molar refractivity (Wildman–Crippen MR) is 102 cm³/mol. The van der Waals surface area contributed by atoms with Crippen LogP contribution in [-0.4, -0.2) is 70.8 Å². The van der Waals surface area contributed by atoms with E-state index in [0.29, 0.717) is 5.75 Å². The van der Waals surface area contributed by atoms with E-state index in [1.165, 1.54) is 0 Å². The molecule has 0 aromatic rings. The van der Waals surface area contributed by atoms with Gasteiger partial charge in [-0.3, -0.25) is 19.2 Å². The molecule has 2 aliphatic rings. The van der Waals surface area contributed by atoms with E-state index >= 15 is 0 Å². The van der Waals surface area contributed by atoms with E-state index in [1.807, 2.05) is 0 Å². The van der Waals surface area contributed by atoms with Crippen LogP contribution in [0.25, 0.3) is 0 Å². The maximum Gasteiger partial charge on any atom is 0.325 e. The van der Waals surface area contributed by atoms with Crippen molar-refractivity contribution in [2.75, 3.05) is 31.3 Å². The Labute approximate surface area is 168 Å². The normalized spacial score (nSPS) is 21.0. The van der Waals surface area contributed by atoms with Crippen molar-refractivity contribution in [1.29, 1.82) is 0 Å². The number of nitrogens with one attached hydrogen (secondary N) is 2. The zero-order valence-corrected chi connectivity index (χ0v) is 17.0. The number of nitrogens with zero attached hydrogens (tertiary/aromatic N) is 1. The summed E-state index contributed by atoms with van der Waals surface area (Å²) in [5.74, 6) is -1.40. The smallest absolute Gasteiger partial charge is 0.325 e. The van der Waals surface area contributed by atoms with Crippen LogP contribution in [0.3, 0.4) is 0 Å². The van der Waals surface area contributed by atoms with Crippen molar-refractivity contribution < 1.29 is 23.9 Å². The van der Waals surface area contributed by atoms with Crippen molar-refractivity contribution in [3.8, 4) is 0 Å². The summed E-state index contributed by atoms with van der Waals surface area (Å²) in [6.45, 7) is 1.50. The fourth-order valence-corrected chi connectivity index (χ4v) is 5.35. The maximum atomic E-state index is 12.9. The lowest BCUT2D eigenvalue weighted by molar-refractivity contribution is -0.146. The standard InChI is InChI=1S/C17H26ClN3O5S/c1-2-26-15(24)10-20-16(25)12-11-27-17(6-4-3-5-7-17)21(12)14(23)9-19-13(22)8-18/h12H,2-11H2,1H3,(H,19,22)(H,20,25)/t12-/m1/s1. The van der Waals surface area contributed by atoms with Crippen LogP contribution in [0, 0.1) is 0 Å². The van der Waals surface area contributed by atoms with E-state index in [2.05, 4.69) is 10.6 Å². The minimum atomic E-state index is -0.678. The van der Waals surface area contributed by atoms with Crippen molar-refractivity contribution in [1.82, 2.24) is 15.5 Å². The summed E-state index contributed by atoms with van der Waals surface area (Å²) in [5, 5.41) is 5.04. The minimum Gasteiger partial charge on any atom is -0.465 e. The summed E-state index contributed by atoms with van der Waals surface area (Å²) in [5.41, 5.74) is 0. The number of amides is 3. The Bertz CT molecular complexity index is 583. The number of hydrogen-bond acceptors (Lipinski definition) is 6. The quantitative estimate of drug-likeness (QED) is 0.463. The van der Waals surface area contributed by atoms with Crippen molar-refractivity contribution >= 4 is 47.1 Å². The molecule has 0 bridgehead atoms. The second-order valence-corrected chi connectivity index (χ2v) is 8.18. The molecule has 3 amide bonds. The lowest BCUT2D eigenvalue weighted by atomic mass is 9.92. The molecule has 1 heterocycles. The van der Waals surface area contributed by atoms with Gasteiger partial charge in [-0.1, -0.05) is 19.3 Å². The molecule has 0 aromatic carbocycles. The predicted octanol–water partition coefficient (Wildman–Crippen LogP) is 0.625. The van der Waals surface area contributed by atoms with Crippen molar-refractivity contribution in [2.24, 2.45) is 0 Å². The van der Waals surface area contributed by atoms with Crippen LogP contribution in [0.1, 0.15) is 39.0 Å². The van der Waals surface area contributed by atoms with Gasteiger partial charge in [0.25, 0.3) is 0 Å². The molecule has 2 fully saturated rings. The molecule has 1 saturated heterocycles. The SMILES string of the molecule is CCOC(=O)CNC(=O)[C@H]1CSC2(CCCCC2)N1C(=O)CNC(=O)CCl. The average molecular weight is 420 g/mol. The summed E-state index contributed by atoms with van der Waals surface area (Å²) in [4.78, 5) is 49.6. The molecular formula is C17H26ClN3O5S. The molecule has 0 aromatic heterocycles. The van der Waals surface area contributed by atoms with E-state index in [1.54, 1.807) is 23.6 Å². The van der Waals surface area contributed by atoms with Crippen LogP contribution >= 0.6 is 23.4 Å². The molecule has 1 aliphatic carbocycles. The first-order valence-corrected chi connectivity index (χ1v) is 10.7. The highest BCUT2D eigenvalue weighted by Gasteiger charge is 2.51. The molecule has 1 saturated carbocycles. The van der Waals surface area contributed by atoms with Crippen molar-refractivity contribution in [2.45, 2.75) is 49.9 Å². The van der Waals surface area contributed by atoms with E-state index in [4.69, 9.17) is 16.3 Å². The largest absolute Gasteiger partial charge is 0.465 e. The Morgan fingerprint density at radius 2 is 1.85 bits per heavy atom. The summed E-state index contributed by atoms with van der Waals surface area (Å²) >= 11 is 7.08. The van der Waals surface area contributed by atoms with E-state index in [0.717, 1.165) is 32.1 Å². The maximum absolute atomic E-state index is 12.9. The van der Waals surface area contributed by atoms with Gasteiger partial charge in [0.2, 0.25) is 17.7 Å². The average Bonchev–Trinajstić information content (AvgIpc) is 3.03. The number of rotatable bonds is 7. The molecule has 2 N–H and O–H groups in total. The van der Waals surface area contributed by atoms with E-state index < -0.39 is 22.8 Å². The van der Waals surface area contributed by atoms with Gasteiger partial charge >= 0.3 is 5.97 Å². The molecule has 1 spiro atoms. The summed E-state index contributed by atoms with van der Waals surface area (Å²) < 4.78 is 4.82. The Morgan fingerprint density at radius 1 is 1.15 bits per heavy atom. The molecule has 152 valence electrons. The molecule has 0 unspecified atom stereocenters. The first kappa shape index (κ1) is 21.8. The molecule has 1 atom stereocenters. The zero-order valence-electron chi connectivity index (χ0n) is 15.4. The monoisotopic (exact) mass is 419 g/mol. The number of hydrogen-bond donors (Lipinski definition) is 2. The van der Waals surface area contributed by atoms with Crippen LogP contribution in [-0.2, 0) is 23.9 Å². The fraction of sp³-hybridized carbons (Fsp3) is 0.765. The van der Waals surface area contributed by atoms with Crippen LogP contribution in [0.5, 0.6) is 0 Å². The third-order valence-electron chi connectivity index (χ3n) is 4.74. The van der Waals surface area contributed by atoms with Crippen molar-refractivity contribution in [3.63, 3.8) is 0 Å². The number of carbonyl (C=O) groups excluding carboxylic acids is 4. The first-order valence-electron chi connectivity index (χ1n) is 9.15. The number of ether oxygens (including phenoxy) is 1. The highest BCUT2D eigenvalue weighted by Crippen LogP contribution is 2.49. The van der Waals surface area contributed by atoms with Gasteiger partial charge in [0.15, 0.2) is 0 Å². The topological polar surface area (TPSA) is 105 Å². The Morgan fingerprint density at radius 3 is 2.48 bits per heavy atom. The van der Waals surface area contributed by atoms with Gasteiger partial charge in [-0.2, -0.15) is 0 Å². The van der Waals surface area contributed by atoms with Gasteiger partial charge in [0.1, 0.15) is 18.5 Å². The lowest BCUT2D eigenvalue weighted by Gasteiger charge is -2.42. The second kappa shape index (κ2) is 10.2. The third-order valence-corrected chi connectivity index (χ3v) is 6.60. The van der Waals surface area contributed by atoms with Crippen molar-refractivity contribution in [3.05, 3.63) is 0 Å². The Hall–Kier alpha value is -1.48. The Kier molecular flexibility index (Phi) is 8.22. The fourth-order valence-electron chi connectivity index (χ4n) is 3.54. The molecule has 10 heteroatoms.